The van der Waals surface area contributed by atoms with Crippen molar-refractivity contribution in [2.45, 2.75) is 11.9 Å². The first-order valence-corrected chi connectivity index (χ1v) is 6.68. The highest BCUT2D eigenvalue weighted by atomic mass is 32.2. The molecule has 0 spiro atoms. The third kappa shape index (κ3) is 2.43. The summed E-state index contributed by atoms with van der Waals surface area (Å²) in [6.45, 7) is 0.296. The van der Waals surface area contributed by atoms with Crippen LogP contribution in [-0.4, -0.2) is 37.2 Å². The molecule has 0 aliphatic carbocycles. The number of halogens is 1. The summed E-state index contributed by atoms with van der Waals surface area (Å²) in [6, 6.07) is 6.17. The van der Waals surface area contributed by atoms with Crippen LogP contribution in [0.25, 0.3) is 0 Å². The van der Waals surface area contributed by atoms with Crippen molar-refractivity contribution in [1.29, 1.82) is 0 Å². The number of rotatable bonds is 3. The highest BCUT2D eigenvalue weighted by Crippen LogP contribution is 2.39. The van der Waals surface area contributed by atoms with Gasteiger partial charge in [0.1, 0.15) is 11.2 Å². The van der Waals surface area contributed by atoms with Crippen molar-refractivity contribution in [3.63, 3.8) is 0 Å². The molecule has 1 atom stereocenters. The Morgan fingerprint density at radius 2 is 2.21 bits per heavy atom. The largest absolute Gasteiger partial charge is 0.318 e. The van der Waals surface area contributed by atoms with Gasteiger partial charge < -0.3 is 4.90 Å². The van der Waals surface area contributed by atoms with Crippen LogP contribution in [0, 0.1) is 5.82 Å². The summed E-state index contributed by atoms with van der Waals surface area (Å²) in [7, 11) is 0. The maximum Gasteiger partial charge on any atom is 0.234 e. The minimum absolute atomic E-state index is 0.0177. The lowest BCUT2D eigenvalue weighted by molar-refractivity contribution is -0.128. The zero-order valence-electron chi connectivity index (χ0n) is 9.78. The van der Waals surface area contributed by atoms with Crippen LogP contribution in [0.2, 0.25) is 0 Å². The van der Waals surface area contributed by atoms with Crippen molar-refractivity contribution in [2.24, 2.45) is 0 Å². The molecule has 6 nitrogen and oxygen atoms in total. The molecule has 1 fully saturated rings. The van der Waals surface area contributed by atoms with Crippen LogP contribution < -0.4 is 0 Å². The van der Waals surface area contributed by atoms with E-state index >= 15 is 0 Å². The lowest BCUT2D eigenvalue weighted by Gasteiger charge is -2.22. The SMILES string of the molecule is O=C1CSC(c2ccc(F)cc2)N1Cc1nn[nH]n1. The van der Waals surface area contributed by atoms with Crippen LogP contribution >= 0.6 is 11.8 Å². The molecule has 1 amide bonds. The van der Waals surface area contributed by atoms with E-state index in [9.17, 15) is 9.18 Å². The van der Waals surface area contributed by atoms with Gasteiger partial charge in [0.2, 0.25) is 5.91 Å². The van der Waals surface area contributed by atoms with E-state index in [0.717, 1.165) is 5.56 Å². The standard InChI is InChI=1S/C11H10FN5OS/c12-8-3-1-7(2-4-8)11-17(10(18)6-19-11)5-9-13-15-16-14-9/h1-4,11H,5-6H2,(H,13,14,15,16). The van der Waals surface area contributed by atoms with Gasteiger partial charge in [0, 0.05) is 0 Å². The van der Waals surface area contributed by atoms with E-state index in [1.165, 1.54) is 23.9 Å². The van der Waals surface area contributed by atoms with Gasteiger partial charge in [0.15, 0.2) is 5.82 Å². The Balaban J connectivity index is 1.83. The van der Waals surface area contributed by atoms with E-state index in [0.29, 0.717) is 18.1 Å². The molecule has 2 heterocycles. The molecule has 2 aromatic rings. The Morgan fingerprint density at radius 1 is 1.42 bits per heavy atom. The quantitative estimate of drug-likeness (QED) is 0.911. The van der Waals surface area contributed by atoms with Crippen LogP contribution in [0.4, 0.5) is 4.39 Å². The molecule has 1 saturated heterocycles. The van der Waals surface area contributed by atoms with Gasteiger partial charge in [0.05, 0.1) is 12.3 Å². The number of aromatic nitrogens is 4. The Bertz CT molecular complexity index is 573. The Labute approximate surface area is 112 Å². The molecule has 1 N–H and O–H groups in total. The molecular weight excluding hydrogens is 269 g/mol. The number of hydrogen-bond acceptors (Lipinski definition) is 5. The lowest BCUT2D eigenvalue weighted by Crippen LogP contribution is -2.28. The fraction of sp³-hybridized carbons (Fsp3) is 0.273. The molecule has 0 bridgehead atoms. The third-order valence-corrected chi connectivity index (χ3v) is 4.08. The Hall–Kier alpha value is -1.96. The van der Waals surface area contributed by atoms with E-state index in [2.05, 4.69) is 20.6 Å². The van der Waals surface area contributed by atoms with Crippen molar-refractivity contribution in [1.82, 2.24) is 25.5 Å². The number of H-pyrrole nitrogens is 1. The molecule has 1 aromatic heterocycles. The van der Waals surface area contributed by atoms with Crippen LogP contribution in [0.5, 0.6) is 0 Å². The fourth-order valence-corrected chi connectivity index (χ4v) is 3.12. The van der Waals surface area contributed by atoms with Crippen molar-refractivity contribution in [2.75, 3.05) is 5.75 Å². The first-order valence-electron chi connectivity index (χ1n) is 5.63. The van der Waals surface area contributed by atoms with Gasteiger partial charge in [-0.05, 0) is 17.7 Å². The highest BCUT2D eigenvalue weighted by molar-refractivity contribution is 8.00. The topological polar surface area (TPSA) is 74.8 Å². The van der Waals surface area contributed by atoms with Crippen LogP contribution in [0.1, 0.15) is 16.8 Å². The number of thioether (sulfide) groups is 1. The van der Waals surface area contributed by atoms with E-state index in [-0.39, 0.29) is 17.1 Å². The molecule has 0 radical (unpaired) electrons. The number of nitrogens with zero attached hydrogens (tertiary/aromatic N) is 4. The molecule has 1 aliphatic heterocycles. The summed E-state index contributed by atoms with van der Waals surface area (Å²) >= 11 is 1.51. The predicted octanol–water partition coefficient (Wildman–Crippen LogP) is 1.11. The summed E-state index contributed by atoms with van der Waals surface area (Å²) in [5, 5.41) is 13.4. The summed E-state index contributed by atoms with van der Waals surface area (Å²) in [5.41, 5.74) is 0.890. The molecule has 1 aliphatic rings. The van der Waals surface area contributed by atoms with Gasteiger partial charge in [-0.1, -0.05) is 17.3 Å². The minimum atomic E-state index is -0.289. The number of benzene rings is 1. The van der Waals surface area contributed by atoms with Crippen LogP contribution in [-0.2, 0) is 11.3 Å². The van der Waals surface area contributed by atoms with E-state index in [1.807, 2.05) is 0 Å². The van der Waals surface area contributed by atoms with Crippen molar-refractivity contribution in [3.05, 3.63) is 41.5 Å². The Kier molecular flexibility index (Phi) is 3.16. The second-order valence-electron chi connectivity index (χ2n) is 4.06. The number of hydrogen-bond donors (Lipinski definition) is 1. The van der Waals surface area contributed by atoms with Crippen molar-refractivity contribution >= 4 is 17.7 Å². The predicted molar refractivity (Wildman–Crippen MR) is 66.3 cm³/mol. The summed E-state index contributed by atoms with van der Waals surface area (Å²) in [6.07, 6.45) is 0. The molecule has 8 heteroatoms. The maximum atomic E-state index is 12.9. The van der Waals surface area contributed by atoms with E-state index < -0.39 is 0 Å². The molecule has 0 saturated carbocycles. The third-order valence-electron chi connectivity index (χ3n) is 2.82. The van der Waals surface area contributed by atoms with Gasteiger partial charge in [-0.3, -0.25) is 4.79 Å². The minimum Gasteiger partial charge on any atom is -0.318 e. The normalized spacial score (nSPS) is 19.1. The fourth-order valence-electron chi connectivity index (χ4n) is 1.93. The lowest BCUT2D eigenvalue weighted by atomic mass is 10.2. The number of carbonyl (C=O) groups is 1. The molecule has 98 valence electrons. The average Bonchev–Trinajstić information content (AvgIpc) is 3.03. The second-order valence-corrected chi connectivity index (χ2v) is 5.13. The van der Waals surface area contributed by atoms with Crippen molar-refractivity contribution < 1.29 is 9.18 Å². The number of nitrogens with one attached hydrogen (secondary N) is 1. The van der Waals surface area contributed by atoms with Gasteiger partial charge in [-0.2, -0.15) is 5.21 Å². The first kappa shape index (κ1) is 12.1. The number of aromatic amines is 1. The molecule has 19 heavy (non-hydrogen) atoms. The zero-order chi connectivity index (χ0) is 13.2. The summed E-state index contributed by atoms with van der Waals surface area (Å²) in [4.78, 5) is 13.6. The van der Waals surface area contributed by atoms with Gasteiger partial charge in [-0.15, -0.1) is 22.0 Å². The molecular formula is C11H10FN5OS. The van der Waals surface area contributed by atoms with Crippen molar-refractivity contribution in [3.8, 4) is 0 Å². The zero-order valence-corrected chi connectivity index (χ0v) is 10.6. The van der Waals surface area contributed by atoms with Crippen LogP contribution in [0.3, 0.4) is 0 Å². The number of amides is 1. The summed E-state index contributed by atoms with van der Waals surface area (Å²) < 4.78 is 12.9. The van der Waals surface area contributed by atoms with Crippen LogP contribution in [0.15, 0.2) is 24.3 Å². The van der Waals surface area contributed by atoms with Gasteiger partial charge in [-0.25, -0.2) is 4.39 Å². The van der Waals surface area contributed by atoms with E-state index in [1.54, 1.807) is 17.0 Å². The first-order chi connectivity index (χ1) is 9.24. The molecule has 1 aromatic carbocycles. The maximum absolute atomic E-state index is 12.9. The molecule has 3 rings (SSSR count). The van der Waals surface area contributed by atoms with Gasteiger partial charge >= 0.3 is 0 Å². The van der Waals surface area contributed by atoms with E-state index in [4.69, 9.17) is 0 Å². The number of carbonyl (C=O) groups excluding carboxylic acids is 1. The van der Waals surface area contributed by atoms with Gasteiger partial charge in [0.25, 0.3) is 0 Å². The average molecular weight is 279 g/mol. The Morgan fingerprint density at radius 3 is 2.89 bits per heavy atom. The monoisotopic (exact) mass is 279 g/mol. The molecule has 1 unspecified atom stereocenters. The smallest absolute Gasteiger partial charge is 0.234 e. The number of tetrazole rings is 1. The summed E-state index contributed by atoms with van der Waals surface area (Å²) in [5.74, 6) is 0.592. The highest BCUT2D eigenvalue weighted by Gasteiger charge is 2.33. The second kappa shape index (κ2) is 4.96.